The average molecular weight is 124 g/mol. The van der Waals surface area contributed by atoms with E-state index >= 15 is 0 Å². The van der Waals surface area contributed by atoms with E-state index in [2.05, 4.69) is 0 Å². The largest absolute Gasteiger partial charge is 0.303 e. The number of rotatable bonds is 2. The van der Waals surface area contributed by atoms with Crippen LogP contribution in [0.25, 0.3) is 0 Å². The van der Waals surface area contributed by atoms with Crippen LogP contribution in [0.15, 0.2) is 12.2 Å². The number of hydrogen-bond acceptors (Lipinski definition) is 2. The van der Waals surface area contributed by atoms with E-state index in [-0.39, 0.29) is 11.7 Å². The first kappa shape index (κ1) is 6.20. The molecule has 0 heterocycles. The summed E-state index contributed by atoms with van der Waals surface area (Å²) in [4.78, 5) is 20.6. The highest BCUT2D eigenvalue weighted by molar-refractivity contribution is 5.95. The van der Waals surface area contributed by atoms with Crippen LogP contribution in [0.2, 0.25) is 0 Å². The molecule has 0 fully saturated rings. The Bertz CT molecular complexity index is 158. The van der Waals surface area contributed by atoms with Crippen LogP contribution < -0.4 is 0 Å². The van der Waals surface area contributed by atoms with Gasteiger partial charge in [-0.15, -0.1) is 0 Å². The van der Waals surface area contributed by atoms with Crippen LogP contribution in [-0.2, 0) is 9.59 Å². The van der Waals surface area contributed by atoms with Crippen molar-refractivity contribution in [3.63, 3.8) is 0 Å². The Kier molecular flexibility index (Phi) is 1.78. The fourth-order valence-corrected chi connectivity index (χ4v) is 0.929. The minimum absolute atomic E-state index is 0.0394. The minimum atomic E-state index is -0.0394. The van der Waals surface area contributed by atoms with Gasteiger partial charge in [0.25, 0.3) is 0 Å². The summed E-state index contributed by atoms with van der Waals surface area (Å²) in [6, 6.07) is 0. The Morgan fingerprint density at radius 2 is 2.56 bits per heavy atom. The van der Waals surface area contributed by atoms with Gasteiger partial charge in [0.05, 0.1) is 0 Å². The second-order valence-electron chi connectivity index (χ2n) is 2.14. The van der Waals surface area contributed by atoms with Crippen molar-refractivity contribution < 1.29 is 9.59 Å². The lowest BCUT2D eigenvalue weighted by Gasteiger charge is -1.98. The highest BCUT2D eigenvalue weighted by atomic mass is 16.1. The van der Waals surface area contributed by atoms with E-state index < -0.39 is 0 Å². The van der Waals surface area contributed by atoms with Gasteiger partial charge in [0.2, 0.25) is 0 Å². The predicted octanol–water partition coefficient (Wildman–Crippen LogP) is 0.721. The van der Waals surface area contributed by atoms with Gasteiger partial charge in [0, 0.05) is 12.3 Å². The van der Waals surface area contributed by atoms with Gasteiger partial charge in [-0.3, -0.25) is 4.79 Å². The molecule has 1 aliphatic carbocycles. The number of aldehydes is 1. The standard InChI is InChI=1S/C7H8O2/c8-5-4-6-2-1-3-7(6)9/h1,3,5-6H,2,4H2/t6-/m1/s1. The molecule has 9 heavy (non-hydrogen) atoms. The van der Waals surface area contributed by atoms with Crippen molar-refractivity contribution in [2.75, 3.05) is 0 Å². The zero-order chi connectivity index (χ0) is 6.69. The number of carbonyl (C=O) groups excluding carboxylic acids is 2. The zero-order valence-electron chi connectivity index (χ0n) is 5.04. The third-order valence-electron chi connectivity index (χ3n) is 1.49. The highest BCUT2D eigenvalue weighted by Crippen LogP contribution is 2.15. The van der Waals surface area contributed by atoms with Gasteiger partial charge in [0.15, 0.2) is 5.78 Å². The monoisotopic (exact) mass is 124 g/mol. The molecule has 0 saturated carbocycles. The molecule has 0 saturated heterocycles. The molecule has 1 rings (SSSR count). The summed E-state index contributed by atoms with van der Waals surface area (Å²) in [6.45, 7) is 0. The van der Waals surface area contributed by atoms with Crippen LogP contribution in [0.1, 0.15) is 12.8 Å². The summed E-state index contributed by atoms with van der Waals surface area (Å²) < 4.78 is 0. The van der Waals surface area contributed by atoms with Crippen LogP contribution >= 0.6 is 0 Å². The van der Waals surface area contributed by atoms with Gasteiger partial charge in [0.1, 0.15) is 6.29 Å². The second-order valence-corrected chi connectivity index (χ2v) is 2.14. The summed E-state index contributed by atoms with van der Waals surface area (Å²) in [7, 11) is 0. The van der Waals surface area contributed by atoms with E-state index in [1.54, 1.807) is 6.08 Å². The molecule has 0 amide bonds. The Balaban J connectivity index is 2.45. The van der Waals surface area contributed by atoms with Gasteiger partial charge in [-0.25, -0.2) is 0 Å². The number of ketones is 1. The van der Waals surface area contributed by atoms with Crippen LogP contribution in [0.5, 0.6) is 0 Å². The van der Waals surface area contributed by atoms with E-state index in [0.29, 0.717) is 6.42 Å². The van der Waals surface area contributed by atoms with E-state index in [1.165, 1.54) is 0 Å². The topological polar surface area (TPSA) is 34.1 Å². The van der Waals surface area contributed by atoms with Gasteiger partial charge in [-0.1, -0.05) is 6.08 Å². The van der Waals surface area contributed by atoms with Crippen molar-refractivity contribution in [2.24, 2.45) is 5.92 Å². The summed E-state index contributed by atoms with van der Waals surface area (Å²) in [6.07, 6.45) is 5.30. The highest BCUT2D eigenvalue weighted by Gasteiger charge is 2.17. The quantitative estimate of drug-likeness (QED) is 0.508. The molecule has 1 aliphatic rings. The zero-order valence-corrected chi connectivity index (χ0v) is 5.04. The van der Waals surface area contributed by atoms with Gasteiger partial charge < -0.3 is 4.79 Å². The summed E-state index contributed by atoms with van der Waals surface area (Å²) in [5, 5.41) is 0. The fraction of sp³-hybridized carbons (Fsp3) is 0.429. The SMILES string of the molecule is O=CC[C@H]1CC=CC1=O. The molecule has 2 nitrogen and oxygen atoms in total. The van der Waals surface area contributed by atoms with Gasteiger partial charge in [-0.05, 0) is 12.5 Å². The number of hydrogen-bond donors (Lipinski definition) is 0. The molecule has 0 aromatic rings. The predicted molar refractivity (Wildman–Crippen MR) is 32.9 cm³/mol. The van der Waals surface area contributed by atoms with Crippen molar-refractivity contribution in [1.29, 1.82) is 0 Å². The van der Waals surface area contributed by atoms with Crippen molar-refractivity contribution in [3.05, 3.63) is 12.2 Å². The van der Waals surface area contributed by atoms with E-state index in [1.807, 2.05) is 6.08 Å². The molecule has 0 radical (unpaired) electrons. The smallest absolute Gasteiger partial charge is 0.159 e. The molecule has 0 spiro atoms. The van der Waals surface area contributed by atoms with E-state index in [9.17, 15) is 9.59 Å². The summed E-state index contributed by atoms with van der Waals surface area (Å²) in [5.74, 6) is 0.0598. The molecular formula is C7H8O2. The maximum Gasteiger partial charge on any atom is 0.159 e. The first-order valence-electron chi connectivity index (χ1n) is 2.98. The van der Waals surface area contributed by atoms with Crippen molar-refractivity contribution >= 4 is 12.1 Å². The molecule has 0 aromatic carbocycles. The Morgan fingerprint density at radius 3 is 3.00 bits per heavy atom. The molecule has 0 unspecified atom stereocenters. The average Bonchev–Trinajstić information content (AvgIpc) is 2.18. The molecule has 1 atom stereocenters. The first-order valence-corrected chi connectivity index (χ1v) is 2.98. The van der Waals surface area contributed by atoms with Crippen LogP contribution in [0.3, 0.4) is 0 Å². The third-order valence-corrected chi connectivity index (χ3v) is 1.49. The van der Waals surface area contributed by atoms with Crippen molar-refractivity contribution in [1.82, 2.24) is 0 Å². The fourth-order valence-electron chi connectivity index (χ4n) is 0.929. The Morgan fingerprint density at radius 1 is 1.78 bits per heavy atom. The van der Waals surface area contributed by atoms with E-state index in [0.717, 1.165) is 12.7 Å². The number of carbonyl (C=O) groups is 2. The van der Waals surface area contributed by atoms with E-state index in [4.69, 9.17) is 0 Å². The Hall–Kier alpha value is -0.920. The molecule has 0 aromatic heterocycles. The molecule has 2 heteroatoms. The second kappa shape index (κ2) is 2.58. The molecule has 0 aliphatic heterocycles. The maximum atomic E-state index is 10.7. The Labute approximate surface area is 53.6 Å². The van der Waals surface area contributed by atoms with Gasteiger partial charge >= 0.3 is 0 Å². The van der Waals surface area contributed by atoms with Crippen molar-refractivity contribution in [3.8, 4) is 0 Å². The maximum absolute atomic E-state index is 10.7. The molecule has 0 N–H and O–H groups in total. The van der Waals surface area contributed by atoms with Crippen LogP contribution in [0.4, 0.5) is 0 Å². The lowest BCUT2D eigenvalue weighted by molar-refractivity contribution is -0.120. The molecule has 48 valence electrons. The summed E-state index contributed by atoms with van der Waals surface area (Å²) in [5.41, 5.74) is 0. The summed E-state index contributed by atoms with van der Waals surface area (Å²) >= 11 is 0. The lowest BCUT2D eigenvalue weighted by atomic mass is 10.0. The molecule has 0 bridgehead atoms. The van der Waals surface area contributed by atoms with Crippen molar-refractivity contribution in [2.45, 2.75) is 12.8 Å². The third kappa shape index (κ3) is 1.25. The van der Waals surface area contributed by atoms with Crippen LogP contribution in [-0.4, -0.2) is 12.1 Å². The van der Waals surface area contributed by atoms with Gasteiger partial charge in [-0.2, -0.15) is 0 Å². The first-order chi connectivity index (χ1) is 4.34. The molecular weight excluding hydrogens is 116 g/mol. The van der Waals surface area contributed by atoms with Crippen LogP contribution in [0, 0.1) is 5.92 Å². The minimum Gasteiger partial charge on any atom is -0.303 e. The lowest BCUT2D eigenvalue weighted by Crippen LogP contribution is -2.06. The number of allylic oxidation sites excluding steroid dienone is 2. The normalized spacial score (nSPS) is 24.9.